The second-order valence-electron chi connectivity index (χ2n) is 4.41. The van der Waals surface area contributed by atoms with Gasteiger partial charge in [0.05, 0.1) is 5.02 Å². The van der Waals surface area contributed by atoms with Crippen LogP contribution in [0.4, 0.5) is 0 Å². The van der Waals surface area contributed by atoms with Crippen molar-refractivity contribution in [1.29, 1.82) is 0 Å². The van der Waals surface area contributed by atoms with Crippen LogP contribution in [-0.2, 0) is 5.41 Å². The van der Waals surface area contributed by atoms with Gasteiger partial charge in [-0.2, -0.15) is 0 Å². The van der Waals surface area contributed by atoms with Crippen LogP contribution in [0.2, 0.25) is 5.02 Å². The van der Waals surface area contributed by atoms with E-state index in [9.17, 15) is 9.90 Å². The van der Waals surface area contributed by atoms with Crippen LogP contribution in [0.25, 0.3) is 0 Å². The summed E-state index contributed by atoms with van der Waals surface area (Å²) < 4.78 is 0. The number of aromatic carboxylic acids is 1. The minimum absolute atomic E-state index is 0.0693. The zero-order chi connectivity index (χ0) is 11.8. The van der Waals surface area contributed by atoms with Crippen molar-refractivity contribution in [2.75, 3.05) is 0 Å². The molecule has 1 aromatic rings. The summed E-state index contributed by atoms with van der Waals surface area (Å²) in [4.78, 5) is 10.8. The van der Waals surface area contributed by atoms with E-state index in [4.69, 9.17) is 16.7 Å². The maximum atomic E-state index is 10.8. The smallest absolute Gasteiger partial charge is 0.339 e. The summed E-state index contributed by atoms with van der Waals surface area (Å²) in [7, 11) is 0. The lowest BCUT2D eigenvalue weighted by atomic mass is 9.86. The van der Waals surface area contributed by atoms with Gasteiger partial charge >= 0.3 is 5.97 Å². The first kappa shape index (κ1) is 11.9. The van der Waals surface area contributed by atoms with Crippen LogP contribution >= 0.6 is 11.6 Å². The Morgan fingerprint density at radius 1 is 1.33 bits per heavy atom. The van der Waals surface area contributed by atoms with Crippen molar-refractivity contribution >= 4 is 17.6 Å². The number of benzene rings is 1. The monoisotopic (exact) mass is 228 g/mol. The third-order valence-corrected chi connectivity index (χ3v) is 2.45. The number of carboxylic acid groups (broad SMARTS) is 1. The molecular formula is C11H13ClO3. The van der Waals surface area contributed by atoms with E-state index in [1.54, 1.807) is 6.07 Å². The summed E-state index contributed by atoms with van der Waals surface area (Å²) in [6.45, 7) is 5.84. The molecule has 0 aliphatic heterocycles. The Bertz CT molecular complexity index is 405. The third kappa shape index (κ3) is 2.42. The number of aromatic hydroxyl groups is 1. The van der Waals surface area contributed by atoms with Gasteiger partial charge in [0.1, 0.15) is 11.3 Å². The number of carbonyl (C=O) groups is 1. The molecule has 0 saturated carbocycles. The average Bonchev–Trinajstić information content (AvgIpc) is 2.06. The first-order valence-electron chi connectivity index (χ1n) is 4.50. The number of halogens is 1. The van der Waals surface area contributed by atoms with Gasteiger partial charge in [0.15, 0.2) is 0 Å². The fourth-order valence-electron chi connectivity index (χ4n) is 1.20. The van der Waals surface area contributed by atoms with Gasteiger partial charge in [0.25, 0.3) is 0 Å². The van der Waals surface area contributed by atoms with Gasteiger partial charge in [-0.05, 0) is 23.1 Å². The van der Waals surface area contributed by atoms with Gasteiger partial charge in [0, 0.05) is 0 Å². The lowest BCUT2D eigenvalue weighted by Crippen LogP contribution is -2.12. The van der Waals surface area contributed by atoms with Crippen molar-refractivity contribution in [3.05, 3.63) is 28.3 Å². The van der Waals surface area contributed by atoms with Crippen molar-refractivity contribution in [2.45, 2.75) is 26.2 Å². The first-order chi connectivity index (χ1) is 6.73. The fourth-order valence-corrected chi connectivity index (χ4v) is 1.41. The predicted octanol–water partition coefficient (Wildman–Crippen LogP) is 3.04. The highest BCUT2D eigenvalue weighted by Crippen LogP contribution is 2.33. The molecule has 0 spiro atoms. The molecule has 0 fully saturated rings. The van der Waals surface area contributed by atoms with E-state index >= 15 is 0 Å². The molecule has 0 heterocycles. The summed E-state index contributed by atoms with van der Waals surface area (Å²) in [5, 5.41) is 18.4. The van der Waals surface area contributed by atoms with Crippen LogP contribution < -0.4 is 0 Å². The largest absolute Gasteiger partial charge is 0.505 e. The van der Waals surface area contributed by atoms with Crippen LogP contribution in [0.1, 0.15) is 36.7 Å². The number of rotatable bonds is 1. The lowest BCUT2D eigenvalue weighted by molar-refractivity contribution is 0.0693. The predicted molar refractivity (Wildman–Crippen MR) is 58.8 cm³/mol. The van der Waals surface area contributed by atoms with Crippen molar-refractivity contribution in [1.82, 2.24) is 0 Å². The minimum atomic E-state index is -1.18. The maximum Gasteiger partial charge on any atom is 0.339 e. The molecule has 0 aliphatic carbocycles. The first-order valence-corrected chi connectivity index (χ1v) is 4.87. The van der Waals surface area contributed by atoms with Gasteiger partial charge in [-0.15, -0.1) is 0 Å². The topological polar surface area (TPSA) is 57.5 Å². The number of carboxylic acids is 1. The Kier molecular flexibility index (Phi) is 2.95. The highest BCUT2D eigenvalue weighted by Gasteiger charge is 2.20. The second kappa shape index (κ2) is 3.74. The van der Waals surface area contributed by atoms with Gasteiger partial charge < -0.3 is 10.2 Å². The lowest BCUT2D eigenvalue weighted by Gasteiger charge is -2.20. The number of phenols is 1. The Morgan fingerprint density at radius 2 is 1.87 bits per heavy atom. The third-order valence-electron chi connectivity index (χ3n) is 2.16. The van der Waals surface area contributed by atoms with Gasteiger partial charge in [-0.1, -0.05) is 32.4 Å². The van der Waals surface area contributed by atoms with Crippen LogP contribution in [0.15, 0.2) is 12.1 Å². The molecule has 0 bridgehead atoms. The fraction of sp³-hybridized carbons (Fsp3) is 0.364. The Labute approximate surface area is 93.3 Å². The van der Waals surface area contributed by atoms with E-state index in [2.05, 4.69) is 0 Å². The molecule has 15 heavy (non-hydrogen) atoms. The molecule has 2 N–H and O–H groups in total. The zero-order valence-electron chi connectivity index (χ0n) is 8.84. The molecule has 0 aliphatic rings. The summed E-state index contributed by atoms with van der Waals surface area (Å²) in [5.74, 6) is -1.56. The molecule has 0 saturated heterocycles. The standard InChI is InChI=1S/C11H13ClO3/c1-11(2,3)6-4-7(10(14)15)9(13)8(12)5-6/h4-5,13H,1-3H3,(H,14,15). The van der Waals surface area contributed by atoms with Crippen molar-refractivity contribution < 1.29 is 15.0 Å². The molecule has 3 nitrogen and oxygen atoms in total. The molecule has 0 unspecified atom stereocenters. The van der Waals surface area contributed by atoms with E-state index in [1.807, 2.05) is 20.8 Å². The molecule has 1 rings (SSSR count). The summed E-state index contributed by atoms with van der Waals surface area (Å²) in [6.07, 6.45) is 0. The quantitative estimate of drug-likeness (QED) is 0.777. The van der Waals surface area contributed by atoms with E-state index in [1.165, 1.54) is 6.07 Å². The van der Waals surface area contributed by atoms with Gasteiger partial charge in [0.2, 0.25) is 0 Å². The molecule has 0 radical (unpaired) electrons. The second-order valence-corrected chi connectivity index (χ2v) is 4.82. The summed E-state index contributed by atoms with van der Waals surface area (Å²) in [5.41, 5.74) is 0.414. The van der Waals surface area contributed by atoms with Crippen molar-refractivity contribution in [3.8, 4) is 5.75 Å². The molecule has 1 aromatic carbocycles. The van der Waals surface area contributed by atoms with Crippen LogP contribution in [0.5, 0.6) is 5.75 Å². The molecule has 0 amide bonds. The SMILES string of the molecule is CC(C)(C)c1cc(Cl)c(O)c(C(=O)O)c1. The highest BCUT2D eigenvalue weighted by atomic mass is 35.5. The van der Waals surface area contributed by atoms with E-state index in [0.717, 1.165) is 5.56 Å². The van der Waals surface area contributed by atoms with Gasteiger partial charge in [-0.3, -0.25) is 0 Å². The van der Waals surface area contributed by atoms with Crippen LogP contribution in [0, 0.1) is 0 Å². The molecule has 0 aromatic heterocycles. The van der Waals surface area contributed by atoms with E-state index < -0.39 is 5.97 Å². The summed E-state index contributed by atoms with van der Waals surface area (Å²) in [6, 6.07) is 3.03. The Morgan fingerprint density at radius 3 is 2.27 bits per heavy atom. The maximum absolute atomic E-state index is 10.8. The van der Waals surface area contributed by atoms with Crippen LogP contribution in [-0.4, -0.2) is 16.2 Å². The highest BCUT2D eigenvalue weighted by molar-refractivity contribution is 6.32. The average molecular weight is 229 g/mol. The number of hydrogen-bond acceptors (Lipinski definition) is 2. The Hall–Kier alpha value is -1.22. The van der Waals surface area contributed by atoms with E-state index in [0.29, 0.717) is 0 Å². The molecule has 0 atom stereocenters. The molecular weight excluding hydrogens is 216 g/mol. The van der Waals surface area contributed by atoms with Gasteiger partial charge in [-0.25, -0.2) is 4.79 Å². The molecule has 4 heteroatoms. The van der Waals surface area contributed by atoms with Crippen LogP contribution in [0.3, 0.4) is 0 Å². The normalized spacial score (nSPS) is 11.5. The van der Waals surface area contributed by atoms with Crippen molar-refractivity contribution in [2.24, 2.45) is 0 Å². The zero-order valence-corrected chi connectivity index (χ0v) is 9.59. The van der Waals surface area contributed by atoms with E-state index in [-0.39, 0.29) is 21.8 Å². The Balaban J connectivity index is 3.43. The minimum Gasteiger partial charge on any atom is -0.505 e. The number of hydrogen-bond donors (Lipinski definition) is 2. The molecule has 82 valence electrons. The van der Waals surface area contributed by atoms with Crippen molar-refractivity contribution in [3.63, 3.8) is 0 Å². The summed E-state index contributed by atoms with van der Waals surface area (Å²) >= 11 is 5.76.